The molecule has 0 aliphatic carbocycles. The zero-order valence-electron chi connectivity index (χ0n) is 22.8. The van der Waals surface area contributed by atoms with Crippen LogP contribution >= 0.6 is 0 Å². The molecule has 0 radical (unpaired) electrons. The molecule has 212 valence electrons. The lowest BCUT2D eigenvalue weighted by molar-refractivity contribution is 0.122. The molecular formula is C25H31F2N11O2. The normalized spacial score (nSPS) is 13.8. The molecule has 0 unspecified atom stereocenters. The van der Waals surface area contributed by atoms with Gasteiger partial charge in [-0.2, -0.15) is 15.0 Å². The van der Waals surface area contributed by atoms with Crippen LogP contribution in [0.5, 0.6) is 5.75 Å². The van der Waals surface area contributed by atoms with Gasteiger partial charge in [0.15, 0.2) is 5.82 Å². The summed E-state index contributed by atoms with van der Waals surface area (Å²) in [6.45, 7) is 3.69. The van der Waals surface area contributed by atoms with E-state index in [-0.39, 0.29) is 17.4 Å². The molecule has 4 aromatic rings. The molecule has 3 aromatic heterocycles. The highest BCUT2D eigenvalue weighted by Gasteiger charge is 2.26. The second kappa shape index (κ2) is 11.9. The highest BCUT2D eigenvalue weighted by molar-refractivity contribution is 5.84. The van der Waals surface area contributed by atoms with Gasteiger partial charge < -0.3 is 29.5 Å². The lowest BCUT2D eigenvalue weighted by Gasteiger charge is -2.27. The van der Waals surface area contributed by atoms with Gasteiger partial charge in [0.05, 0.1) is 43.9 Å². The lowest BCUT2D eigenvalue weighted by atomic mass is 10.3. The molecule has 1 N–H and O–H groups in total. The van der Waals surface area contributed by atoms with Crippen molar-refractivity contribution in [1.82, 2.24) is 39.4 Å². The first-order valence-electron chi connectivity index (χ1n) is 12.7. The SMILES string of the molecule is COc1cccc2c1nc(C(F)F)n2-c1nc(Nc2cnc(N(C)CCN(C)C)nc2)nc(N2CCOCC2)n1. The Labute approximate surface area is 229 Å². The van der Waals surface area contributed by atoms with E-state index in [1.807, 2.05) is 30.9 Å². The number of aromatic nitrogens is 7. The molecule has 5 rings (SSSR count). The van der Waals surface area contributed by atoms with Crippen molar-refractivity contribution >= 4 is 34.6 Å². The fourth-order valence-corrected chi connectivity index (χ4v) is 4.19. The second-order valence-electron chi connectivity index (χ2n) is 9.41. The van der Waals surface area contributed by atoms with Crippen molar-refractivity contribution < 1.29 is 18.3 Å². The maximum atomic E-state index is 14.2. The van der Waals surface area contributed by atoms with E-state index in [2.05, 4.69) is 40.1 Å². The number of nitrogens with one attached hydrogen (secondary N) is 1. The molecule has 0 bridgehead atoms. The number of likely N-dealkylation sites (N-methyl/N-ethyl adjacent to an activating group) is 2. The first kappa shape index (κ1) is 27.3. The number of anilines is 4. The minimum absolute atomic E-state index is 0.00833. The van der Waals surface area contributed by atoms with Crippen LogP contribution in [0.25, 0.3) is 17.0 Å². The smallest absolute Gasteiger partial charge is 0.296 e. The van der Waals surface area contributed by atoms with Crippen LogP contribution in [0, 0.1) is 0 Å². The molecule has 1 aliphatic rings. The summed E-state index contributed by atoms with van der Waals surface area (Å²) in [6.07, 6.45) is 0.352. The van der Waals surface area contributed by atoms with Gasteiger partial charge in [-0.05, 0) is 26.2 Å². The van der Waals surface area contributed by atoms with Crippen LogP contribution in [0.15, 0.2) is 30.6 Å². The predicted molar refractivity (Wildman–Crippen MR) is 146 cm³/mol. The van der Waals surface area contributed by atoms with Gasteiger partial charge in [0.1, 0.15) is 11.3 Å². The van der Waals surface area contributed by atoms with Crippen molar-refractivity contribution in [2.75, 3.05) is 82.8 Å². The van der Waals surface area contributed by atoms with Gasteiger partial charge in [0.2, 0.25) is 23.8 Å². The highest BCUT2D eigenvalue weighted by Crippen LogP contribution is 2.32. The van der Waals surface area contributed by atoms with Crippen LogP contribution in [-0.4, -0.2) is 107 Å². The Balaban J connectivity index is 1.54. The number of imidazole rings is 1. The van der Waals surface area contributed by atoms with Crippen LogP contribution < -0.4 is 19.9 Å². The van der Waals surface area contributed by atoms with Gasteiger partial charge in [0, 0.05) is 33.2 Å². The number of halogens is 2. The van der Waals surface area contributed by atoms with E-state index in [1.165, 1.54) is 11.7 Å². The van der Waals surface area contributed by atoms with Crippen LogP contribution in [0.4, 0.5) is 32.3 Å². The Morgan fingerprint density at radius 2 is 1.73 bits per heavy atom. The number of hydrogen-bond acceptors (Lipinski definition) is 12. The highest BCUT2D eigenvalue weighted by atomic mass is 19.3. The Morgan fingerprint density at radius 3 is 2.40 bits per heavy atom. The first-order valence-corrected chi connectivity index (χ1v) is 12.7. The third-order valence-corrected chi connectivity index (χ3v) is 6.31. The molecule has 13 nitrogen and oxygen atoms in total. The first-order chi connectivity index (χ1) is 19.3. The quantitative estimate of drug-likeness (QED) is 0.309. The summed E-state index contributed by atoms with van der Waals surface area (Å²) in [6, 6.07) is 5.03. The number of ether oxygens (including phenoxy) is 2. The van der Waals surface area contributed by atoms with Crippen molar-refractivity contribution in [3.05, 3.63) is 36.4 Å². The van der Waals surface area contributed by atoms with Crippen LogP contribution in [0.2, 0.25) is 0 Å². The van der Waals surface area contributed by atoms with E-state index in [4.69, 9.17) is 9.47 Å². The maximum Gasteiger partial charge on any atom is 0.296 e. The number of para-hydroxylation sites is 1. The van der Waals surface area contributed by atoms with Crippen LogP contribution in [0.1, 0.15) is 12.2 Å². The number of benzene rings is 1. The van der Waals surface area contributed by atoms with Crippen LogP contribution in [-0.2, 0) is 4.74 Å². The van der Waals surface area contributed by atoms with Gasteiger partial charge in [-0.25, -0.2) is 23.7 Å². The van der Waals surface area contributed by atoms with Crippen molar-refractivity contribution in [2.45, 2.75) is 6.43 Å². The summed E-state index contributed by atoms with van der Waals surface area (Å²) in [5.41, 5.74) is 1.19. The second-order valence-corrected chi connectivity index (χ2v) is 9.41. The van der Waals surface area contributed by atoms with E-state index < -0.39 is 12.2 Å². The summed E-state index contributed by atoms with van der Waals surface area (Å²) in [5, 5.41) is 3.10. The summed E-state index contributed by atoms with van der Waals surface area (Å²) in [4.78, 5) is 32.7. The number of hydrogen-bond donors (Lipinski definition) is 1. The van der Waals surface area contributed by atoms with Gasteiger partial charge in [-0.1, -0.05) is 6.07 Å². The standard InChI is InChI=1S/C25H31F2N11O2/c1-35(2)8-9-36(3)23-28-14-16(15-29-23)30-22-32-24(37-10-12-40-13-11-37)34-25(33-22)38-17-6-5-7-18(39-4)19(17)31-21(38)20(26)27/h5-7,14-15,20H,8-13H2,1-4H3,(H,30,32,33,34). The average Bonchev–Trinajstić information content (AvgIpc) is 3.37. The topological polar surface area (TPSA) is 122 Å². The Hall–Kier alpha value is -4.24. The monoisotopic (exact) mass is 555 g/mol. The number of nitrogens with zero attached hydrogens (tertiary/aromatic N) is 10. The number of alkyl halides is 2. The minimum atomic E-state index is -2.89. The third kappa shape index (κ3) is 5.84. The van der Waals surface area contributed by atoms with E-state index in [1.54, 1.807) is 30.6 Å². The lowest BCUT2D eigenvalue weighted by Crippen LogP contribution is -2.37. The molecule has 0 saturated carbocycles. The summed E-state index contributed by atoms with van der Waals surface area (Å²) in [7, 11) is 7.39. The summed E-state index contributed by atoms with van der Waals surface area (Å²) >= 11 is 0. The predicted octanol–water partition coefficient (Wildman–Crippen LogP) is 2.52. The van der Waals surface area contributed by atoms with E-state index >= 15 is 0 Å². The van der Waals surface area contributed by atoms with Gasteiger partial charge in [0.25, 0.3) is 6.43 Å². The van der Waals surface area contributed by atoms with Gasteiger partial charge in [-0.15, -0.1) is 0 Å². The fraction of sp³-hybridized carbons (Fsp3) is 0.440. The zero-order valence-corrected chi connectivity index (χ0v) is 22.8. The molecule has 1 fully saturated rings. The molecule has 4 heterocycles. The molecule has 1 saturated heterocycles. The van der Waals surface area contributed by atoms with Gasteiger partial charge >= 0.3 is 0 Å². The van der Waals surface area contributed by atoms with E-state index in [9.17, 15) is 8.78 Å². The minimum Gasteiger partial charge on any atom is -0.494 e. The Morgan fingerprint density at radius 1 is 1.00 bits per heavy atom. The van der Waals surface area contributed by atoms with E-state index in [0.29, 0.717) is 55.2 Å². The van der Waals surface area contributed by atoms with E-state index in [0.717, 1.165) is 13.1 Å². The average molecular weight is 556 g/mol. The molecule has 1 aliphatic heterocycles. The van der Waals surface area contributed by atoms with Crippen LogP contribution in [0.3, 0.4) is 0 Å². The van der Waals surface area contributed by atoms with Crippen molar-refractivity contribution in [3.63, 3.8) is 0 Å². The fourth-order valence-electron chi connectivity index (χ4n) is 4.19. The largest absolute Gasteiger partial charge is 0.494 e. The number of methoxy groups -OCH3 is 1. The third-order valence-electron chi connectivity index (χ3n) is 6.31. The molecular weight excluding hydrogens is 524 g/mol. The molecule has 0 spiro atoms. The van der Waals surface area contributed by atoms with Gasteiger partial charge in [-0.3, -0.25) is 4.57 Å². The Kier molecular flexibility index (Phi) is 8.11. The summed E-state index contributed by atoms with van der Waals surface area (Å²) < 4.78 is 40.5. The van der Waals surface area contributed by atoms with Crippen molar-refractivity contribution in [1.29, 1.82) is 0 Å². The molecule has 40 heavy (non-hydrogen) atoms. The zero-order chi connectivity index (χ0) is 28.2. The number of rotatable bonds is 10. The molecule has 0 amide bonds. The Bertz CT molecular complexity index is 1440. The number of fused-ring (bicyclic) bond motifs is 1. The summed E-state index contributed by atoms with van der Waals surface area (Å²) in [5.74, 6) is 0.893. The molecule has 15 heteroatoms. The maximum absolute atomic E-state index is 14.2. The molecule has 1 aromatic carbocycles. The van der Waals surface area contributed by atoms with Crippen molar-refractivity contribution in [3.8, 4) is 11.7 Å². The van der Waals surface area contributed by atoms with Crippen molar-refractivity contribution in [2.24, 2.45) is 0 Å². The molecule has 0 atom stereocenters. The number of morpholine rings is 1.